The van der Waals surface area contributed by atoms with Gasteiger partial charge in [-0.2, -0.15) is 0 Å². The fourth-order valence-electron chi connectivity index (χ4n) is 7.67. The van der Waals surface area contributed by atoms with Crippen LogP contribution in [-0.4, -0.2) is 94.2 Å². The third-order valence-electron chi connectivity index (χ3n) is 11.0. The summed E-state index contributed by atoms with van der Waals surface area (Å²) in [5.74, 6) is -0.146. The van der Waals surface area contributed by atoms with Crippen molar-refractivity contribution in [3.05, 3.63) is 101 Å². The Morgan fingerprint density at radius 3 is 2.44 bits per heavy atom. The number of nitrogens with two attached hydrogens (primary N) is 1. The summed E-state index contributed by atoms with van der Waals surface area (Å²) in [6.07, 6.45) is 6.06. The molecule has 1 aromatic heterocycles. The second-order valence-electron chi connectivity index (χ2n) is 15.1. The van der Waals surface area contributed by atoms with E-state index in [4.69, 9.17) is 5.73 Å². The molecule has 3 fully saturated rings. The summed E-state index contributed by atoms with van der Waals surface area (Å²) < 4.78 is 0. The number of fused-ring (bicyclic) bond motifs is 1. The number of anilines is 3. The number of rotatable bonds is 9. The van der Waals surface area contributed by atoms with Gasteiger partial charge in [-0.3, -0.25) is 29.4 Å². The van der Waals surface area contributed by atoms with Gasteiger partial charge in [0.2, 0.25) is 11.8 Å². The monoisotopic (exact) mass is 759 g/mol. The first-order chi connectivity index (χ1) is 26.6. The normalized spacial score (nSPS) is 20.0. The molecule has 4 aliphatic rings. The molecule has 55 heavy (non-hydrogen) atoms. The van der Waals surface area contributed by atoms with Crippen LogP contribution in [0.1, 0.15) is 64.4 Å². The minimum atomic E-state index is -0.616. The van der Waals surface area contributed by atoms with Crippen LogP contribution in [0.4, 0.5) is 17.2 Å². The highest BCUT2D eigenvalue weighted by Crippen LogP contribution is 2.32. The number of hydrogen-bond acceptors (Lipinski definition) is 11. The number of carbonyl (C=O) groups excluding carboxylic acids is 4. The number of benzene rings is 3. The smallest absolute Gasteiger partial charge is 0.255 e. The maximum atomic E-state index is 13.2. The van der Waals surface area contributed by atoms with Gasteiger partial charge in [0.15, 0.2) is 0 Å². The lowest BCUT2D eigenvalue weighted by atomic mass is 9.91. The second-order valence-corrected chi connectivity index (χ2v) is 16.2. The largest absolute Gasteiger partial charge is 0.369 e. The van der Waals surface area contributed by atoms with E-state index in [1.807, 2.05) is 66.9 Å². The van der Waals surface area contributed by atoms with Crippen molar-refractivity contribution in [2.45, 2.75) is 67.2 Å². The quantitative estimate of drug-likeness (QED) is 0.210. The third-order valence-corrected chi connectivity index (χ3v) is 11.9. The molecule has 1 atom stereocenters. The van der Waals surface area contributed by atoms with E-state index >= 15 is 0 Å². The van der Waals surface area contributed by atoms with Gasteiger partial charge in [-0.1, -0.05) is 30.0 Å². The van der Waals surface area contributed by atoms with Crippen molar-refractivity contribution in [2.75, 3.05) is 54.4 Å². The molecular formula is C41H45N9O4S. The van der Waals surface area contributed by atoms with E-state index in [2.05, 4.69) is 48.3 Å². The molecule has 4 aromatic rings. The zero-order chi connectivity index (χ0) is 38.1. The summed E-state index contributed by atoms with van der Waals surface area (Å²) in [5.41, 5.74) is 11.2. The molecule has 0 aliphatic carbocycles. The van der Waals surface area contributed by atoms with Gasteiger partial charge in [-0.15, -0.1) is 0 Å². The molecule has 13 nitrogen and oxygen atoms in total. The van der Waals surface area contributed by atoms with E-state index < -0.39 is 11.9 Å². The summed E-state index contributed by atoms with van der Waals surface area (Å²) in [6.45, 7) is 8.42. The predicted octanol–water partition coefficient (Wildman–Crippen LogP) is 4.28. The lowest BCUT2D eigenvalue weighted by Crippen LogP contribution is -2.52. The van der Waals surface area contributed by atoms with Crippen LogP contribution in [0.5, 0.6) is 0 Å². The molecule has 3 saturated heterocycles. The highest BCUT2D eigenvalue weighted by atomic mass is 32.2. The fourth-order valence-corrected chi connectivity index (χ4v) is 8.46. The van der Waals surface area contributed by atoms with E-state index in [0.717, 1.165) is 91.2 Å². The maximum Gasteiger partial charge on any atom is 0.255 e. The molecule has 4 amide bonds. The average molecular weight is 760 g/mol. The minimum absolute atomic E-state index is 0.116. The first-order valence-corrected chi connectivity index (χ1v) is 19.7. The molecule has 0 bridgehead atoms. The van der Waals surface area contributed by atoms with Gasteiger partial charge in [0.25, 0.3) is 11.8 Å². The molecule has 0 radical (unpaired) electrons. The molecule has 284 valence electrons. The van der Waals surface area contributed by atoms with Crippen LogP contribution in [0.25, 0.3) is 0 Å². The van der Waals surface area contributed by atoms with Crippen molar-refractivity contribution in [1.29, 1.82) is 0 Å². The van der Waals surface area contributed by atoms with Crippen LogP contribution in [-0.2, 0) is 22.7 Å². The molecule has 4 N–H and O–H groups in total. The second kappa shape index (κ2) is 15.4. The molecule has 14 heteroatoms. The summed E-state index contributed by atoms with van der Waals surface area (Å²) in [4.78, 5) is 69.1. The number of nitrogens with one attached hydrogen (secondary N) is 2. The number of imide groups is 1. The zero-order valence-corrected chi connectivity index (χ0v) is 31.7. The van der Waals surface area contributed by atoms with Gasteiger partial charge in [0, 0.05) is 91.7 Å². The average Bonchev–Trinajstić information content (AvgIpc) is 3.50. The number of nitrogens with zero attached hydrogens (tertiary/aromatic N) is 6. The Balaban J connectivity index is 0.803. The lowest BCUT2D eigenvalue weighted by molar-refractivity contribution is -0.136. The van der Waals surface area contributed by atoms with Crippen molar-refractivity contribution >= 4 is 52.6 Å². The van der Waals surface area contributed by atoms with Crippen LogP contribution in [0.3, 0.4) is 0 Å². The van der Waals surface area contributed by atoms with Crippen LogP contribution >= 0.6 is 11.8 Å². The van der Waals surface area contributed by atoms with Gasteiger partial charge < -0.3 is 25.8 Å². The van der Waals surface area contributed by atoms with Crippen molar-refractivity contribution < 1.29 is 19.2 Å². The van der Waals surface area contributed by atoms with Crippen molar-refractivity contribution in [2.24, 2.45) is 5.73 Å². The molecule has 3 aromatic carbocycles. The molecule has 5 heterocycles. The summed E-state index contributed by atoms with van der Waals surface area (Å²) in [5, 5.41) is 6.18. The van der Waals surface area contributed by atoms with E-state index in [9.17, 15) is 19.2 Å². The van der Waals surface area contributed by atoms with Crippen LogP contribution in [0, 0.1) is 0 Å². The van der Waals surface area contributed by atoms with Crippen molar-refractivity contribution in [1.82, 2.24) is 25.1 Å². The van der Waals surface area contributed by atoms with Crippen molar-refractivity contribution in [3.8, 4) is 0 Å². The van der Waals surface area contributed by atoms with E-state index in [-0.39, 0.29) is 29.7 Å². The Morgan fingerprint density at radius 2 is 1.71 bits per heavy atom. The van der Waals surface area contributed by atoms with Gasteiger partial charge in [-0.05, 0) is 85.8 Å². The first kappa shape index (κ1) is 36.7. The Bertz CT molecular complexity index is 2090. The topological polar surface area (TPSA) is 157 Å². The standard InChI is InChI=1S/C41H45N9O4S/c1-41(42)13-15-49(16-14-41)35-23-44-37(24-43-35)55-32-4-2-3-30(22-32)45-38(52)28-7-5-27(6-8-28)25-47-17-19-48(20-18-47)31-9-10-33-29(21-31)26-50(40(33)54)34-11-12-36(51)46-39(34)53/h2-10,21-24,34H,11-20,25-26,42H2,1H3,(H,45,52)(H,46,51,53). The van der Waals surface area contributed by atoms with Gasteiger partial charge in [0.1, 0.15) is 16.9 Å². The number of aromatic nitrogens is 2. The van der Waals surface area contributed by atoms with Gasteiger partial charge in [0.05, 0.1) is 12.4 Å². The van der Waals surface area contributed by atoms with Crippen molar-refractivity contribution in [3.63, 3.8) is 0 Å². The van der Waals surface area contributed by atoms with E-state index in [1.165, 1.54) is 11.8 Å². The van der Waals surface area contributed by atoms with E-state index in [0.29, 0.717) is 29.8 Å². The Morgan fingerprint density at radius 1 is 0.927 bits per heavy atom. The number of amides is 4. The van der Waals surface area contributed by atoms with Crippen LogP contribution in [0.15, 0.2) is 89.0 Å². The molecule has 8 rings (SSSR count). The summed E-state index contributed by atoms with van der Waals surface area (Å²) >= 11 is 1.50. The predicted molar refractivity (Wildman–Crippen MR) is 211 cm³/mol. The Labute approximate surface area is 324 Å². The molecule has 4 aliphatic heterocycles. The Kier molecular flexibility index (Phi) is 10.3. The number of piperidine rings is 2. The third kappa shape index (κ3) is 8.36. The molecular weight excluding hydrogens is 715 g/mol. The molecule has 1 unspecified atom stereocenters. The maximum absolute atomic E-state index is 13.2. The number of piperazine rings is 1. The summed E-state index contributed by atoms with van der Waals surface area (Å²) in [6, 6.07) is 20.8. The van der Waals surface area contributed by atoms with Crippen LogP contribution < -0.4 is 26.2 Å². The summed E-state index contributed by atoms with van der Waals surface area (Å²) in [7, 11) is 0. The number of hydrogen-bond donors (Lipinski definition) is 3. The Hall–Kier alpha value is -5.31. The van der Waals surface area contributed by atoms with Gasteiger partial charge >= 0.3 is 0 Å². The fraction of sp³-hybridized carbons (Fsp3) is 0.366. The van der Waals surface area contributed by atoms with Crippen LogP contribution in [0.2, 0.25) is 0 Å². The lowest BCUT2D eigenvalue weighted by Gasteiger charge is -2.37. The highest BCUT2D eigenvalue weighted by molar-refractivity contribution is 7.99. The molecule has 0 spiro atoms. The highest BCUT2D eigenvalue weighted by Gasteiger charge is 2.39. The molecule has 0 saturated carbocycles. The van der Waals surface area contributed by atoms with Gasteiger partial charge in [-0.25, -0.2) is 9.97 Å². The SMILES string of the molecule is CC1(N)CCN(c2cnc(Sc3cccc(NC(=O)c4ccc(CN5CCN(c6ccc7c(c6)CN(C6CCC(=O)NC6=O)C7=O)CC5)cc4)c3)cn2)CC1. The first-order valence-electron chi connectivity index (χ1n) is 18.9. The minimum Gasteiger partial charge on any atom is -0.369 e. The zero-order valence-electron chi connectivity index (χ0n) is 30.9. The number of carbonyl (C=O) groups is 4. The van der Waals surface area contributed by atoms with E-state index in [1.54, 1.807) is 11.1 Å².